The smallest absolute Gasteiger partial charge is 0.273 e. The summed E-state index contributed by atoms with van der Waals surface area (Å²) >= 11 is 2.25. The Balaban J connectivity index is 1.63. The lowest BCUT2D eigenvalue weighted by atomic mass is 10.1. The minimum atomic E-state index is -0.735. The highest BCUT2D eigenvalue weighted by molar-refractivity contribution is 8.19. The normalized spacial score (nSPS) is 16.1. The van der Waals surface area contributed by atoms with Crippen LogP contribution in [0.1, 0.15) is 5.76 Å². The molecule has 3 heterocycles. The number of thiazole rings is 1. The molecule has 0 radical (unpaired) electrons. The van der Waals surface area contributed by atoms with Crippen molar-refractivity contribution >= 4 is 45.4 Å². The quantitative estimate of drug-likeness (QED) is 0.657. The first-order valence-corrected chi connectivity index (χ1v) is 9.00. The first-order chi connectivity index (χ1) is 12.5. The van der Waals surface area contributed by atoms with Gasteiger partial charge in [-0.3, -0.25) is 10.2 Å². The number of furan rings is 1. The highest BCUT2D eigenvalue weighted by Gasteiger charge is 2.35. The van der Waals surface area contributed by atoms with Crippen LogP contribution in [0.3, 0.4) is 0 Å². The summed E-state index contributed by atoms with van der Waals surface area (Å²) in [4.78, 5) is 18.1. The second kappa shape index (κ2) is 6.50. The van der Waals surface area contributed by atoms with Gasteiger partial charge < -0.3 is 4.42 Å². The Morgan fingerprint density at radius 1 is 1.23 bits per heavy atom. The Kier molecular flexibility index (Phi) is 4.17. The van der Waals surface area contributed by atoms with Gasteiger partial charge in [-0.25, -0.2) is 18.7 Å². The van der Waals surface area contributed by atoms with Gasteiger partial charge >= 0.3 is 0 Å². The number of anilines is 1. The van der Waals surface area contributed by atoms with Gasteiger partial charge in [0, 0.05) is 23.7 Å². The number of halogens is 2. The topological polar surface area (TPSA) is 70.2 Å². The SMILES string of the molecule is N=C1S/C(=C\c2ccc(-c3ccc(F)cc3F)o2)C(=O)N1c1nccs1. The predicted molar refractivity (Wildman–Crippen MR) is 97.0 cm³/mol. The third kappa shape index (κ3) is 2.95. The fraction of sp³-hybridized carbons (Fsp3) is 0. The molecule has 5 nitrogen and oxygen atoms in total. The fourth-order valence-electron chi connectivity index (χ4n) is 2.38. The van der Waals surface area contributed by atoms with Gasteiger partial charge in [-0.2, -0.15) is 0 Å². The molecule has 1 aliphatic rings. The molecule has 26 heavy (non-hydrogen) atoms. The number of hydrogen-bond donors (Lipinski definition) is 1. The van der Waals surface area contributed by atoms with Gasteiger partial charge in [-0.15, -0.1) is 11.3 Å². The van der Waals surface area contributed by atoms with E-state index in [0.717, 1.165) is 23.9 Å². The van der Waals surface area contributed by atoms with Gasteiger partial charge in [0.05, 0.1) is 10.5 Å². The van der Waals surface area contributed by atoms with E-state index in [2.05, 4.69) is 4.98 Å². The Bertz CT molecular complexity index is 1040. The standard InChI is InChI=1S/C17H9F2N3O2S2/c18-9-1-3-11(12(19)7-9)13-4-2-10(24-13)8-14-15(23)22(16(20)26-14)17-21-5-6-25-17/h1-8,20H/b14-8-,20-16?. The molecule has 1 N–H and O–H groups in total. The number of carbonyl (C=O) groups excluding carboxylic acids is 1. The Morgan fingerprint density at radius 2 is 2.08 bits per heavy atom. The van der Waals surface area contributed by atoms with Crippen LogP contribution in [-0.2, 0) is 4.79 Å². The third-order valence-electron chi connectivity index (χ3n) is 3.53. The Labute approximate surface area is 154 Å². The van der Waals surface area contributed by atoms with Gasteiger partial charge in [0.15, 0.2) is 10.3 Å². The number of aromatic nitrogens is 1. The van der Waals surface area contributed by atoms with Crippen LogP contribution < -0.4 is 4.90 Å². The summed E-state index contributed by atoms with van der Waals surface area (Å²) in [5.74, 6) is -1.23. The summed E-state index contributed by atoms with van der Waals surface area (Å²) in [6, 6.07) is 6.32. The maximum Gasteiger partial charge on any atom is 0.273 e. The number of rotatable bonds is 3. The molecule has 0 bridgehead atoms. The number of thioether (sulfide) groups is 1. The summed E-state index contributed by atoms with van der Waals surface area (Å²) in [6.45, 7) is 0. The summed E-state index contributed by atoms with van der Waals surface area (Å²) < 4.78 is 32.4. The van der Waals surface area contributed by atoms with Crippen molar-refractivity contribution in [2.45, 2.75) is 0 Å². The van der Waals surface area contributed by atoms with Crippen LogP contribution in [0.5, 0.6) is 0 Å². The monoisotopic (exact) mass is 389 g/mol. The molecule has 0 spiro atoms. The van der Waals surface area contributed by atoms with E-state index in [4.69, 9.17) is 9.83 Å². The molecule has 1 aliphatic heterocycles. The molecule has 4 rings (SSSR count). The van der Waals surface area contributed by atoms with Crippen molar-refractivity contribution in [3.05, 3.63) is 64.2 Å². The zero-order chi connectivity index (χ0) is 18.3. The van der Waals surface area contributed by atoms with Gasteiger partial charge in [0.2, 0.25) is 0 Å². The van der Waals surface area contributed by atoms with Gasteiger partial charge in [-0.05, 0) is 36.0 Å². The number of amides is 1. The van der Waals surface area contributed by atoms with Crippen molar-refractivity contribution in [2.24, 2.45) is 0 Å². The average molecular weight is 389 g/mol. The van der Waals surface area contributed by atoms with Crippen molar-refractivity contribution in [1.29, 1.82) is 5.41 Å². The second-order valence-electron chi connectivity index (χ2n) is 5.20. The van der Waals surface area contributed by atoms with Crippen LogP contribution in [0.25, 0.3) is 17.4 Å². The Morgan fingerprint density at radius 3 is 2.81 bits per heavy atom. The lowest BCUT2D eigenvalue weighted by Crippen LogP contribution is -2.27. The van der Waals surface area contributed by atoms with E-state index in [-0.39, 0.29) is 22.4 Å². The molecule has 1 amide bonds. The molecular formula is C17H9F2N3O2S2. The van der Waals surface area contributed by atoms with E-state index in [0.29, 0.717) is 15.8 Å². The lowest BCUT2D eigenvalue weighted by Gasteiger charge is -2.08. The highest BCUT2D eigenvalue weighted by atomic mass is 32.2. The van der Waals surface area contributed by atoms with Crippen molar-refractivity contribution in [3.63, 3.8) is 0 Å². The van der Waals surface area contributed by atoms with Gasteiger partial charge in [-0.1, -0.05) is 0 Å². The van der Waals surface area contributed by atoms with Crippen molar-refractivity contribution in [2.75, 3.05) is 4.90 Å². The number of benzene rings is 1. The van der Waals surface area contributed by atoms with Crippen molar-refractivity contribution < 1.29 is 18.0 Å². The fourth-order valence-corrected chi connectivity index (χ4v) is 3.91. The van der Waals surface area contributed by atoms with Crippen LogP contribution >= 0.6 is 23.1 Å². The van der Waals surface area contributed by atoms with Gasteiger partial charge in [0.25, 0.3) is 5.91 Å². The average Bonchev–Trinajstić information content (AvgIpc) is 3.31. The molecule has 130 valence electrons. The maximum atomic E-state index is 13.9. The van der Waals surface area contributed by atoms with E-state index >= 15 is 0 Å². The molecule has 9 heteroatoms. The van der Waals surface area contributed by atoms with E-state index in [1.54, 1.807) is 17.6 Å². The van der Waals surface area contributed by atoms with Gasteiger partial charge in [0.1, 0.15) is 23.2 Å². The third-order valence-corrected chi connectivity index (χ3v) is 5.18. The second-order valence-corrected chi connectivity index (χ2v) is 7.10. The first kappa shape index (κ1) is 16.7. The van der Waals surface area contributed by atoms with Crippen LogP contribution in [0, 0.1) is 17.0 Å². The van der Waals surface area contributed by atoms with Crippen LogP contribution in [0.15, 0.2) is 51.2 Å². The molecule has 0 aliphatic carbocycles. The van der Waals surface area contributed by atoms with E-state index in [9.17, 15) is 13.6 Å². The number of amidine groups is 1. The van der Waals surface area contributed by atoms with Crippen molar-refractivity contribution in [3.8, 4) is 11.3 Å². The molecule has 0 saturated carbocycles. The van der Waals surface area contributed by atoms with E-state index in [1.807, 2.05) is 0 Å². The number of nitrogens with zero attached hydrogens (tertiary/aromatic N) is 2. The molecule has 0 unspecified atom stereocenters. The van der Waals surface area contributed by atoms with E-state index in [1.165, 1.54) is 34.4 Å². The molecular weight excluding hydrogens is 380 g/mol. The lowest BCUT2D eigenvalue weighted by molar-refractivity contribution is -0.113. The first-order valence-electron chi connectivity index (χ1n) is 7.30. The molecule has 3 aromatic rings. The summed E-state index contributed by atoms with van der Waals surface area (Å²) in [5.41, 5.74) is 0.124. The Hall–Kier alpha value is -2.78. The molecule has 1 aromatic carbocycles. The van der Waals surface area contributed by atoms with Crippen LogP contribution in [-0.4, -0.2) is 16.1 Å². The zero-order valence-electron chi connectivity index (χ0n) is 12.9. The summed E-state index contributed by atoms with van der Waals surface area (Å²) in [7, 11) is 0. The summed E-state index contributed by atoms with van der Waals surface area (Å²) in [5, 5.41) is 10.2. The minimum absolute atomic E-state index is 0.0487. The van der Waals surface area contributed by atoms with Crippen LogP contribution in [0.4, 0.5) is 13.9 Å². The molecule has 2 aromatic heterocycles. The predicted octanol–water partition coefficient (Wildman–Crippen LogP) is 4.74. The molecule has 0 atom stereocenters. The van der Waals surface area contributed by atoms with E-state index < -0.39 is 11.6 Å². The summed E-state index contributed by atoms with van der Waals surface area (Å²) in [6.07, 6.45) is 3.04. The maximum absolute atomic E-state index is 13.9. The van der Waals surface area contributed by atoms with Crippen molar-refractivity contribution in [1.82, 2.24) is 4.98 Å². The number of hydrogen-bond acceptors (Lipinski definition) is 6. The minimum Gasteiger partial charge on any atom is -0.457 e. The zero-order valence-corrected chi connectivity index (χ0v) is 14.5. The molecule has 1 saturated heterocycles. The number of nitrogens with one attached hydrogen (secondary N) is 1. The highest BCUT2D eigenvalue weighted by Crippen LogP contribution is 2.36. The largest absolute Gasteiger partial charge is 0.457 e. The molecule has 1 fully saturated rings. The number of carbonyl (C=O) groups is 1. The van der Waals surface area contributed by atoms with Crippen LogP contribution in [0.2, 0.25) is 0 Å².